The van der Waals surface area contributed by atoms with Crippen LogP contribution in [0.3, 0.4) is 0 Å². The van der Waals surface area contributed by atoms with Gasteiger partial charge in [-0.15, -0.1) is 0 Å². The van der Waals surface area contributed by atoms with Gasteiger partial charge in [0.1, 0.15) is 0 Å². The molecule has 2 heterocycles. The second-order valence-electron chi connectivity index (χ2n) is 5.19. The average Bonchev–Trinajstić information content (AvgIpc) is 2.60. The molecule has 5 heteroatoms. The van der Waals surface area contributed by atoms with E-state index >= 15 is 0 Å². The van der Waals surface area contributed by atoms with E-state index in [2.05, 4.69) is 29.0 Å². The Labute approximate surface area is 108 Å². The van der Waals surface area contributed by atoms with Crippen molar-refractivity contribution in [3.63, 3.8) is 0 Å². The van der Waals surface area contributed by atoms with Crippen molar-refractivity contribution in [3.8, 4) is 0 Å². The molecule has 1 aromatic rings. The van der Waals surface area contributed by atoms with Crippen molar-refractivity contribution in [2.24, 2.45) is 5.92 Å². The lowest BCUT2D eigenvalue weighted by molar-refractivity contribution is 0.508. The molecule has 1 aromatic heterocycles. The summed E-state index contributed by atoms with van der Waals surface area (Å²) in [6.07, 6.45) is 4.57. The van der Waals surface area contributed by atoms with Crippen LogP contribution in [-0.2, 0) is 6.54 Å². The molecule has 0 saturated carbocycles. The molecule has 18 heavy (non-hydrogen) atoms. The normalized spacial score (nSPS) is 16.9. The van der Waals surface area contributed by atoms with E-state index in [1.165, 1.54) is 0 Å². The molecule has 1 aliphatic rings. The number of aromatic nitrogens is 2. The third-order valence-electron chi connectivity index (χ3n) is 3.10. The largest absolute Gasteiger partial charge is 0.351 e. The molecule has 0 aromatic carbocycles. The lowest BCUT2D eigenvalue weighted by Gasteiger charge is -2.21. The van der Waals surface area contributed by atoms with Crippen LogP contribution in [0.2, 0.25) is 0 Å². The predicted molar refractivity (Wildman–Crippen MR) is 73.0 cm³/mol. The fourth-order valence-electron chi connectivity index (χ4n) is 2.25. The standard InChI is InChI=1S/C13H22N4O/c1-11(2)10-17-9-6-15-12(13(17)18)16-7-3-4-14-5-8-16/h6,9,11,14H,3-5,7-8,10H2,1-2H3. The van der Waals surface area contributed by atoms with Crippen LogP contribution < -0.4 is 15.8 Å². The third kappa shape index (κ3) is 3.10. The summed E-state index contributed by atoms with van der Waals surface area (Å²) < 4.78 is 1.77. The molecule has 1 fully saturated rings. The fraction of sp³-hybridized carbons (Fsp3) is 0.692. The molecule has 100 valence electrons. The summed E-state index contributed by atoms with van der Waals surface area (Å²) in [4.78, 5) is 18.7. The van der Waals surface area contributed by atoms with E-state index in [9.17, 15) is 4.79 Å². The Kier molecular flexibility index (Phi) is 4.36. The summed E-state index contributed by atoms with van der Waals surface area (Å²) >= 11 is 0. The zero-order valence-corrected chi connectivity index (χ0v) is 11.2. The first-order chi connectivity index (χ1) is 8.68. The molecule has 0 atom stereocenters. The van der Waals surface area contributed by atoms with Gasteiger partial charge in [0.2, 0.25) is 0 Å². The van der Waals surface area contributed by atoms with E-state index in [0.717, 1.165) is 39.1 Å². The minimum absolute atomic E-state index is 0.0353. The van der Waals surface area contributed by atoms with E-state index < -0.39 is 0 Å². The van der Waals surface area contributed by atoms with Crippen molar-refractivity contribution in [1.82, 2.24) is 14.9 Å². The summed E-state index contributed by atoms with van der Waals surface area (Å²) in [6, 6.07) is 0. The minimum Gasteiger partial charge on any atom is -0.351 e. The van der Waals surface area contributed by atoms with E-state index in [1.807, 2.05) is 0 Å². The maximum absolute atomic E-state index is 12.4. The van der Waals surface area contributed by atoms with Gasteiger partial charge in [-0.2, -0.15) is 0 Å². The highest BCUT2D eigenvalue weighted by atomic mass is 16.1. The molecule has 0 unspecified atom stereocenters. The SMILES string of the molecule is CC(C)Cn1ccnc(N2CCCNCC2)c1=O. The fourth-order valence-corrected chi connectivity index (χ4v) is 2.25. The quantitative estimate of drug-likeness (QED) is 0.858. The molecule has 1 aliphatic heterocycles. The lowest BCUT2D eigenvalue weighted by atomic mass is 10.2. The van der Waals surface area contributed by atoms with E-state index in [1.54, 1.807) is 17.0 Å². The lowest BCUT2D eigenvalue weighted by Crippen LogP contribution is -2.36. The smallest absolute Gasteiger partial charge is 0.293 e. The Bertz CT molecular complexity index is 433. The molecule has 1 N–H and O–H groups in total. The Morgan fingerprint density at radius 3 is 3.00 bits per heavy atom. The maximum atomic E-state index is 12.4. The number of hydrogen-bond donors (Lipinski definition) is 1. The Hall–Kier alpha value is -1.36. The highest BCUT2D eigenvalue weighted by Crippen LogP contribution is 2.06. The Morgan fingerprint density at radius 2 is 2.22 bits per heavy atom. The highest BCUT2D eigenvalue weighted by Gasteiger charge is 2.15. The summed E-state index contributed by atoms with van der Waals surface area (Å²) in [5.41, 5.74) is 0.0353. The van der Waals surface area contributed by atoms with Crippen molar-refractivity contribution in [3.05, 3.63) is 22.7 Å². The average molecular weight is 250 g/mol. The predicted octanol–water partition coefficient (Wildman–Crippen LogP) is 0.699. The molecular weight excluding hydrogens is 228 g/mol. The maximum Gasteiger partial charge on any atom is 0.293 e. The van der Waals surface area contributed by atoms with Gasteiger partial charge in [0.25, 0.3) is 5.56 Å². The van der Waals surface area contributed by atoms with Gasteiger partial charge in [0.05, 0.1) is 0 Å². The minimum atomic E-state index is 0.0353. The summed E-state index contributed by atoms with van der Waals surface area (Å²) in [5, 5.41) is 3.33. The highest BCUT2D eigenvalue weighted by molar-refractivity contribution is 5.35. The number of nitrogens with zero attached hydrogens (tertiary/aromatic N) is 3. The van der Waals surface area contributed by atoms with Gasteiger partial charge in [-0.3, -0.25) is 4.79 Å². The van der Waals surface area contributed by atoms with Crippen LogP contribution in [0.15, 0.2) is 17.2 Å². The van der Waals surface area contributed by atoms with Crippen LogP contribution in [0.4, 0.5) is 5.82 Å². The Balaban J connectivity index is 2.24. The second-order valence-corrected chi connectivity index (χ2v) is 5.19. The molecule has 0 radical (unpaired) electrons. The molecular formula is C13H22N4O. The summed E-state index contributed by atoms with van der Waals surface area (Å²) in [7, 11) is 0. The van der Waals surface area contributed by atoms with Gasteiger partial charge in [-0.1, -0.05) is 13.8 Å². The molecule has 0 spiro atoms. The van der Waals surface area contributed by atoms with Crippen LogP contribution in [0.5, 0.6) is 0 Å². The molecule has 1 saturated heterocycles. The van der Waals surface area contributed by atoms with Crippen molar-refractivity contribution in [1.29, 1.82) is 0 Å². The van der Waals surface area contributed by atoms with Crippen LogP contribution in [0, 0.1) is 5.92 Å². The van der Waals surface area contributed by atoms with Crippen LogP contribution in [0.1, 0.15) is 20.3 Å². The van der Waals surface area contributed by atoms with Crippen LogP contribution in [-0.4, -0.2) is 35.7 Å². The number of rotatable bonds is 3. The molecule has 0 bridgehead atoms. The first-order valence-corrected chi connectivity index (χ1v) is 6.69. The first-order valence-electron chi connectivity index (χ1n) is 6.69. The zero-order chi connectivity index (χ0) is 13.0. The number of anilines is 1. The van der Waals surface area contributed by atoms with E-state index in [4.69, 9.17) is 0 Å². The van der Waals surface area contributed by atoms with Gasteiger partial charge in [0, 0.05) is 38.6 Å². The number of nitrogens with one attached hydrogen (secondary N) is 1. The summed E-state index contributed by atoms with van der Waals surface area (Å²) in [6.45, 7) is 8.67. The third-order valence-corrected chi connectivity index (χ3v) is 3.10. The van der Waals surface area contributed by atoms with Gasteiger partial charge < -0.3 is 14.8 Å². The Morgan fingerprint density at radius 1 is 1.39 bits per heavy atom. The van der Waals surface area contributed by atoms with Crippen molar-refractivity contribution in [2.75, 3.05) is 31.1 Å². The monoisotopic (exact) mass is 250 g/mol. The van der Waals surface area contributed by atoms with Gasteiger partial charge in [0.15, 0.2) is 5.82 Å². The van der Waals surface area contributed by atoms with Crippen molar-refractivity contribution < 1.29 is 0 Å². The van der Waals surface area contributed by atoms with Gasteiger partial charge in [-0.25, -0.2) is 4.98 Å². The molecule has 5 nitrogen and oxygen atoms in total. The van der Waals surface area contributed by atoms with E-state index in [-0.39, 0.29) is 5.56 Å². The molecule has 0 aliphatic carbocycles. The molecule has 0 amide bonds. The van der Waals surface area contributed by atoms with Gasteiger partial charge >= 0.3 is 0 Å². The van der Waals surface area contributed by atoms with Crippen molar-refractivity contribution >= 4 is 5.82 Å². The molecule has 2 rings (SSSR count). The van der Waals surface area contributed by atoms with Crippen molar-refractivity contribution in [2.45, 2.75) is 26.8 Å². The first kappa shape index (κ1) is 13.1. The second kappa shape index (κ2) is 6.00. The topological polar surface area (TPSA) is 50.2 Å². The summed E-state index contributed by atoms with van der Waals surface area (Å²) in [5.74, 6) is 1.06. The van der Waals surface area contributed by atoms with E-state index in [0.29, 0.717) is 11.7 Å². The van der Waals surface area contributed by atoms with Gasteiger partial charge in [-0.05, 0) is 18.9 Å². The number of hydrogen-bond acceptors (Lipinski definition) is 4. The zero-order valence-electron chi connectivity index (χ0n) is 11.2. The van der Waals surface area contributed by atoms with Crippen LogP contribution >= 0.6 is 0 Å². The van der Waals surface area contributed by atoms with Crippen LogP contribution in [0.25, 0.3) is 0 Å².